The van der Waals surface area contributed by atoms with Crippen LogP contribution in [0.3, 0.4) is 0 Å². The van der Waals surface area contributed by atoms with Crippen LogP contribution in [0.2, 0.25) is 19.6 Å². The minimum absolute atomic E-state index is 0.269. The van der Waals surface area contributed by atoms with Crippen molar-refractivity contribution in [3.63, 3.8) is 0 Å². The first-order valence-corrected chi connectivity index (χ1v) is 7.95. The molecule has 0 saturated carbocycles. The molecule has 0 aromatic rings. The second kappa shape index (κ2) is 4.37. The van der Waals surface area contributed by atoms with Gasteiger partial charge in [0.25, 0.3) is 0 Å². The number of morpholine rings is 1. The van der Waals surface area contributed by atoms with Gasteiger partial charge in [-0.3, -0.25) is 0 Å². The Hall–Kier alpha value is 0.0969. The third kappa shape index (κ3) is 4.20. The molecule has 0 aliphatic carbocycles. The lowest BCUT2D eigenvalue weighted by Crippen LogP contribution is -2.43. The summed E-state index contributed by atoms with van der Waals surface area (Å²) in [6, 6.07) is 0. The molecule has 1 atom stereocenters. The SMILES string of the molecule is C[Si](C)(C)OCC1CNCCO1. The van der Waals surface area contributed by atoms with E-state index < -0.39 is 8.32 Å². The number of hydrogen-bond donors (Lipinski definition) is 1. The van der Waals surface area contributed by atoms with Gasteiger partial charge in [0, 0.05) is 13.1 Å². The Morgan fingerprint density at radius 1 is 1.50 bits per heavy atom. The van der Waals surface area contributed by atoms with E-state index in [2.05, 4.69) is 25.0 Å². The third-order valence-corrected chi connectivity index (χ3v) is 2.74. The minimum Gasteiger partial charge on any atom is -0.415 e. The second-order valence-corrected chi connectivity index (χ2v) is 8.63. The summed E-state index contributed by atoms with van der Waals surface area (Å²) in [5.41, 5.74) is 0. The van der Waals surface area contributed by atoms with Crippen LogP contribution in [0.25, 0.3) is 0 Å². The number of rotatable bonds is 3. The zero-order valence-electron chi connectivity index (χ0n) is 8.22. The van der Waals surface area contributed by atoms with E-state index in [9.17, 15) is 0 Å². The molecule has 12 heavy (non-hydrogen) atoms. The summed E-state index contributed by atoms with van der Waals surface area (Å²) < 4.78 is 11.3. The Balaban J connectivity index is 2.13. The van der Waals surface area contributed by atoms with Crippen LogP contribution in [0.4, 0.5) is 0 Å². The highest BCUT2D eigenvalue weighted by atomic mass is 28.4. The second-order valence-electron chi connectivity index (χ2n) is 4.12. The van der Waals surface area contributed by atoms with Gasteiger partial charge in [0.15, 0.2) is 8.32 Å². The van der Waals surface area contributed by atoms with Crippen LogP contribution >= 0.6 is 0 Å². The van der Waals surface area contributed by atoms with Crippen LogP contribution < -0.4 is 5.32 Å². The molecule has 0 bridgehead atoms. The van der Waals surface area contributed by atoms with Gasteiger partial charge in [0.1, 0.15) is 0 Å². The molecule has 0 radical (unpaired) electrons. The fourth-order valence-corrected chi connectivity index (χ4v) is 1.76. The molecule has 1 heterocycles. The van der Waals surface area contributed by atoms with Crippen molar-refractivity contribution in [2.45, 2.75) is 25.7 Å². The molecule has 1 N–H and O–H groups in total. The van der Waals surface area contributed by atoms with Gasteiger partial charge >= 0.3 is 0 Å². The van der Waals surface area contributed by atoms with E-state index in [1.165, 1.54) is 0 Å². The monoisotopic (exact) mass is 189 g/mol. The van der Waals surface area contributed by atoms with Crippen LogP contribution in [0.15, 0.2) is 0 Å². The predicted molar refractivity (Wildman–Crippen MR) is 51.9 cm³/mol. The molecule has 1 fully saturated rings. The Labute approximate surface area is 75.6 Å². The quantitative estimate of drug-likeness (QED) is 0.667. The lowest BCUT2D eigenvalue weighted by molar-refractivity contribution is -0.00163. The number of ether oxygens (including phenoxy) is 1. The van der Waals surface area contributed by atoms with Gasteiger partial charge in [-0.1, -0.05) is 0 Å². The van der Waals surface area contributed by atoms with E-state index in [0.29, 0.717) is 0 Å². The summed E-state index contributed by atoms with van der Waals surface area (Å²) in [5.74, 6) is 0. The molecule has 0 aromatic heterocycles. The molecule has 1 aliphatic heterocycles. The lowest BCUT2D eigenvalue weighted by atomic mass is 10.3. The maximum absolute atomic E-state index is 5.74. The van der Waals surface area contributed by atoms with E-state index in [0.717, 1.165) is 26.3 Å². The molecule has 3 nitrogen and oxygen atoms in total. The Kier molecular flexibility index (Phi) is 3.70. The van der Waals surface area contributed by atoms with E-state index in [1.54, 1.807) is 0 Å². The topological polar surface area (TPSA) is 30.5 Å². The maximum Gasteiger partial charge on any atom is 0.183 e. The molecule has 1 rings (SSSR count). The molecular weight excluding hydrogens is 170 g/mol. The highest BCUT2D eigenvalue weighted by molar-refractivity contribution is 6.69. The van der Waals surface area contributed by atoms with Gasteiger partial charge in [-0.25, -0.2) is 0 Å². The first-order chi connectivity index (χ1) is 5.58. The first kappa shape index (κ1) is 10.2. The Morgan fingerprint density at radius 3 is 2.75 bits per heavy atom. The zero-order valence-corrected chi connectivity index (χ0v) is 9.22. The fourth-order valence-electron chi connectivity index (χ4n) is 1.07. The van der Waals surface area contributed by atoms with E-state index in [4.69, 9.17) is 9.16 Å². The molecule has 1 unspecified atom stereocenters. The smallest absolute Gasteiger partial charge is 0.183 e. The molecule has 1 aliphatic rings. The van der Waals surface area contributed by atoms with Crippen molar-refractivity contribution in [3.8, 4) is 0 Å². The summed E-state index contributed by atoms with van der Waals surface area (Å²) >= 11 is 0. The van der Waals surface area contributed by atoms with E-state index in [1.807, 2.05) is 0 Å². The van der Waals surface area contributed by atoms with Gasteiger partial charge in [0.2, 0.25) is 0 Å². The molecule has 0 spiro atoms. The summed E-state index contributed by atoms with van der Waals surface area (Å²) in [7, 11) is -1.35. The van der Waals surface area contributed by atoms with E-state index in [-0.39, 0.29) is 6.10 Å². The van der Waals surface area contributed by atoms with Crippen LogP contribution in [0, 0.1) is 0 Å². The fraction of sp³-hybridized carbons (Fsp3) is 1.00. The standard InChI is InChI=1S/C8H19NO2Si/c1-12(2,3)11-7-8-6-9-4-5-10-8/h8-9H,4-7H2,1-3H3. The lowest BCUT2D eigenvalue weighted by Gasteiger charge is -2.26. The highest BCUT2D eigenvalue weighted by Crippen LogP contribution is 2.05. The largest absolute Gasteiger partial charge is 0.415 e. The van der Waals surface area contributed by atoms with E-state index >= 15 is 0 Å². The normalized spacial score (nSPS) is 25.8. The maximum atomic E-state index is 5.74. The van der Waals surface area contributed by atoms with Crippen molar-refractivity contribution < 1.29 is 9.16 Å². The molecule has 72 valence electrons. The average molecular weight is 189 g/mol. The molecule has 4 heteroatoms. The van der Waals surface area contributed by atoms with Crippen molar-refractivity contribution in [2.24, 2.45) is 0 Å². The average Bonchev–Trinajstić information content (AvgIpc) is 2.02. The molecule has 0 aromatic carbocycles. The highest BCUT2D eigenvalue weighted by Gasteiger charge is 2.19. The van der Waals surface area contributed by atoms with Crippen LogP contribution in [0.1, 0.15) is 0 Å². The molecule has 0 amide bonds. The van der Waals surface area contributed by atoms with Gasteiger partial charge in [-0.15, -0.1) is 0 Å². The Bertz CT molecular complexity index is 130. The van der Waals surface area contributed by atoms with Crippen molar-refractivity contribution >= 4 is 8.32 Å². The number of nitrogens with one attached hydrogen (secondary N) is 1. The van der Waals surface area contributed by atoms with Crippen molar-refractivity contribution in [1.29, 1.82) is 0 Å². The minimum atomic E-state index is -1.35. The van der Waals surface area contributed by atoms with Gasteiger partial charge in [-0.2, -0.15) is 0 Å². The van der Waals surface area contributed by atoms with Crippen LogP contribution in [-0.2, 0) is 9.16 Å². The van der Waals surface area contributed by atoms with Crippen LogP contribution in [-0.4, -0.2) is 40.7 Å². The van der Waals surface area contributed by atoms with Crippen molar-refractivity contribution in [1.82, 2.24) is 5.32 Å². The predicted octanol–water partition coefficient (Wildman–Crippen LogP) is 0.826. The number of hydrogen-bond acceptors (Lipinski definition) is 3. The first-order valence-electron chi connectivity index (χ1n) is 4.54. The summed E-state index contributed by atoms with van der Waals surface area (Å²) in [4.78, 5) is 0. The van der Waals surface area contributed by atoms with Gasteiger partial charge < -0.3 is 14.5 Å². The molecule has 1 saturated heterocycles. The summed E-state index contributed by atoms with van der Waals surface area (Å²) in [6.07, 6.45) is 0.269. The molecular formula is C8H19NO2Si. The van der Waals surface area contributed by atoms with Crippen LogP contribution in [0.5, 0.6) is 0 Å². The zero-order chi connectivity index (χ0) is 9.03. The summed E-state index contributed by atoms with van der Waals surface area (Å²) in [6.45, 7) is 10.1. The van der Waals surface area contributed by atoms with Crippen molar-refractivity contribution in [2.75, 3.05) is 26.3 Å². The van der Waals surface area contributed by atoms with Gasteiger partial charge in [0.05, 0.1) is 19.3 Å². The van der Waals surface area contributed by atoms with Gasteiger partial charge in [-0.05, 0) is 19.6 Å². The third-order valence-electron chi connectivity index (χ3n) is 1.71. The summed E-state index contributed by atoms with van der Waals surface area (Å²) in [5, 5.41) is 3.28. The van der Waals surface area contributed by atoms with Crippen molar-refractivity contribution in [3.05, 3.63) is 0 Å². The Morgan fingerprint density at radius 2 is 2.25 bits per heavy atom.